The molecule has 2 aliphatic heterocycles. The van der Waals surface area contributed by atoms with Gasteiger partial charge in [0.1, 0.15) is 6.61 Å². The quantitative estimate of drug-likeness (QED) is 0.809. The number of likely N-dealkylation sites (tertiary alicyclic amines) is 1. The minimum Gasteiger partial charge on any atom is -0.373 e. The number of hydrogen-bond donors (Lipinski definition) is 0. The Labute approximate surface area is 149 Å². The number of carbonyl (C=O) groups excluding carboxylic acids is 1. The molecule has 25 heavy (non-hydrogen) atoms. The highest BCUT2D eigenvalue weighted by Crippen LogP contribution is 2.33. The SMILES string of the molecule is O=C(CO[C@@H]1CC[C@H]2[C@H]1OCCN2Cc1cccnc1)N1CCCC1. The van der Waals surface area contributed by atoms with Crippen LogP contribution in [0.2, 0.25) is 0 Å². The molecule has 3 atom stereocenters. The van der Waals surface area contributed by atoms with Crippen LogP contribution in [-0.4, -0.2) is 71.8 Å². The van der Waals surface area contributed by atoms with Crippen LogP contribution in [0.3, 0.4) is 0 Å². The Morgan fingerprint density at radius 2 is 2.16 bits per heavy atom. The van der Waals surface area contributed by atoms with Gasteiger partial charge < -0.3 is 14.4 Å². The molecule has 1 aromatic heterocycles. The molecule has 3 heterocycles. The first-order valence-electron chi connectivity index (χ1n) is 9.45. The number of fused-ring (bicyclic) bond motifs is 1. The predicted molar refractivity (Wildman–Crippen MR) is 93.0 cm³/mol. The van der Waals surface area contributed by atoms with Crippen molar-refractivity contribution in [2.45, 2.75) is 50.5 Å². The summed E-state index contributed by atoms with van der Waals surface area (Å²) in [5.74, 6) is 0.129. The van der Waals surface area contributed by atoms with Crippen LogP contribution >= 0.6 is 0 Å². The van der Waals surface area contributed by atoms with Gasteiger partial charge >= 0.3 is 0 Å². The molecule has 0 aromatic carbocycles. The number of nitrogens with zero attached hydrogens (tertiary/aromatic N) is 3. The minimum atomic E-state index is 0.0354. The van der Waals surface area contributed by atoms with Crippen molar-refractivity contribution in [2.24, 2.45) is 0 Å². The molecule has 0 N–H and O–H groups in total. The summed E-state index contributed by atoms with van der Waals surface area (Å²) in [6.07, 6.45) is 8.12. The predicted octanol–water partition coefficient (Wildman–Crippen LogP) is 1.45. The zero-order chi connectivity index (χ0) is 17.1. The maximum absolute atomic E-state index is 12.2. The highest BCUT2D eigenvalue weighted by molar-refractivity contribution is 5.77. The van der Waals surface area contributed by atoms with Crippen molar-refractivity contribution in [1.82, 2.24) is 14.8 Å². The average molecular weight is 345 g/mol. The Hall–Kier alpha value is -1.50. The molecule has 2 saturated heterocycles. The topological polar surface area (TPSA) is 54.9 Å². The number of morpholine rings is 1. The molecule has 4 rings (SSSR count). The van der Waals surface area contributed by atoms with Crippen LogP contribution in [0.5, 0.6) is 0 Å². The number of hydrogen-bond acceptors (Lipinski definition) is 5. The summed E-state index contributed by atoms with van der Waals surface area (Å²) in [5.41, 5.74) is 1.23. The molecule has 1 aliphatic carbocycles. The third kappa shape index (κ3) is 3.86. The van der Waals surface area contributed by atoms with Crippen LogP contribution in [0.1, 0.15) is 31.2 Å². The number of amides is 1. The van der Waals surface area contributed by atoms with E-state index in [0.29, 0.717) is 6.04 Å². The van der Waals surface area contributed by atoms with Gasteiger partial charge in [0, 0.05) is 44.6 Å². The van der Waals surface area contributed by atoms with Gasteiger partial charge in [0.25, 0.3) is 0 Å². The van der Waals surface area contributed by atoms with Gasteiger partial charge in [0.2, 0.25) is 5.91 Å². The highest BCUT2D eigenvalue weighted by Gasteiger charge is 2.43. The van der Waals surface area contributed by atoms with Crippen molar-refractivity contribution in [3.63, 3.8) is 0 Å². The Balaban J connectivity index is 1.32. The van der Waals surface area contributed by atoms with Crippen molar-refractivity contribution in [3.8, 4) is 0 Å². The number of pyridine rings is 1. The van der Waals surface area contributed by atoms with E-state index in [1.165, 1.54) is 5.56 Å². The molecule has 3 aliphatic rings. The Kier molecular flexibility index (Phi) is 5.29. The van der Waals surface area contributed by atoms with Gasteiger partial charge in [-0.15, -0.1) is 0 Å². The van der Waals surface area contributed by atoms with E-state index in [2.05, 4.69) is 16.0 Å². The third-order valence-corrected chi connectivity index (χ3v) is 5.64. The second-order valence-corrected chi connectivity index (χ2v) is 7.25. The standard InChI is InChI=1S/C19H27N3O3/c23-18(21-8-1-2-9-21)14-25-17-6-5-16-19(17)24-11-10-22(16)13-15-4-3-7-20-12-15/h3-4,7,12,16-17,19H,1-2,5-6,8-11,13-14H2/t16-,17+,19+/m0/s1. The van der Waals surface area contributed by atoms with Crippen LogP contribution in [0, 0.1) is 0 Å². The largest absolute Gasteiger partial charge is 0.373 e. The molecular formula is C19H27N3O3. The molecular weight excluding hydrogens is 318 g/mol. The summed E-state index contributed by atoms with van der Waals surface area (Å²) >= 11 is 0. The zero-order valence-electron chi connectivity index (χ0n) is 14.7. The molecule has 1 saturated carbocycles. The molecule has 0 spiro atoms. The van der Waals surface area contributed by atoms with E-state index in [0.717, 1.165) is 58.5 Å². The van der Waals surface area contributed by atoms with E-state index in [-0.39, 0.29) is 24.7 Å². The summed E-state index contributed by atoms with van der Waals surface area (Å²) < 4.78 is 12.0. The number of ether oxygens (including phenoxy) is 2. The molecule has 1 amide bonds. The van der Waals surface area contributed by atoms with Gasteiger partial charge in [-0.3, -0.25) is 14.7 Å². The second-order valence-electron chi connectivity index (χ2n) is 7.25. The maximum atomic E-state index is 12.2. The smallest absolute Gasteiger partial charge is 0.248 e. The molecule has 6 heteroatoms. The average Bonchev–Trinajstić information content (AvgIpc) is 3.31. The van der Waals surface area contributed by atoms with Crippen LogP contribution in [-0.2, 0) is 20.8 Å². The lowest BCUT2D eigenvalue weighted by atomic mass is 10.1. The lowest BCUT2D eigenvalue weighted by Crippen LogP contribution is -2.51. The second kappa shape index (κ2) is 7.81. The van der Waals surface area contributed by atoms with E-state index in [1.54, 1.807) is 0 Å². The Bertz CT molecular complexity index is 577. The van der Waals surface area contributed by atoms with E-state index in [4.69, 9.17) is 9.47 Å². The van der Waals surface area contributed by atoms with Gasteiger partial charge in [-0.25, -0.2) is 0 Å². The fraction of sp³-hybridized carbons (Fsp3) is 0.684. The van der Waals surface area contributed by atoms with Gasteiger partial charge in [-0.2, -0.15) is 0 Å². The van der Waals surface area contributed by atoms with Crippen molar-refractivity contribution in [1.29, 1.82) is 0 Å². The third-order valence-electron chi connectivity index (χ3n) is 5.64. The van der Waals surface area contributed by atoms with Gasteiger partial charge in [-0.05, 0) is 37.3 Å². The highest BCUT2D eigenvalue weighted by atomic mass is 16.5. The maximum Gasteiger partial charge on any atom is 0.248 e. The van der Waals surface area contributed by atoms with Crippen molar-refractivity contribution < 1.29 is 14.3 Å². The van der Waals surface area contributed by atoms with Crippen molar-refractivity contribution in [3.05, 3.63) is 30.1 Å². The van der Waals surface area contributed by atoms with Gasteiger partial charge in [0.05, 0.1) is 18.8 Å². The van der Waals surface area contributed by atoms with Gasteiger partial charge in [-0.1, -0.05) is 6.07 Å². The number of rotatable bonds is 5. The first-order chi connectivity index (χ1) is 12.3. The molecule has 0 radical (unpaired) electrons. The summed E-state index contributed by atoms with van der Waals surface area (Å²) in [7, 11) is 0. The van der Waals surface area contributed by atoms with Crippen LogP contribution in [0.15, 0.2) is 24.5 Å². The zero-order valence-corrected chi connectivity index (χ0v) is 14.7. The van der Waals surface area contributed by atoms with Crippen molar-refractivity contribution >= 4 is 5.91 Å². The van der Waals surface area contributed by atoms with Crippen molar-refractivity contribution in [2.75, 3.05) is 32.8 Å². The normalized spacial score (nSPS) is 29.8. The van der Waals surface area contributed by atoms with Crippen LogP contribution < -0.4 is 0 Å². The Morgan fingerprint density at radius 1 is 1.28 bits per heavy atom. The van der Waals surface area contributed by atoms with Gasteiger partial charge in [0.15, 0.2) is 0 Å². The van der Waals surface area contributed by atoms with E-state index < -0.39 is 0 Å². The molecule has 136 valence electrons. The van der Waals surface area contributed by atoms with E-state index in [9.17, 15) is 4.79 Å². The molecule has 3 fully saturated rings. The summed E-state index contributed by atoms with van der Waals surface area (Å²) in [4.78, 5) is 20.8. The fourth-order valence-electron chi connectivity index (χ4n) is 4.33. The lowest BCUT2D eigenvalue weighted by Gasteiger charge is -2.39. The molecule has 6 nitrogen and oxygen atoms in total. The first kappa shape index (κ1) is 16.9. The molecule has 1 aromatic rings. The van der Waals surface area contributed by atoms with E-state index in [1.807, 2.05) is 23.4 Å². The van der Waals surface area contributed by atoms with E-state index >= 15 is 0 Å². The first-order valence-corrected chi connectivity index (χ1v) is 9.45. The van der Waals surface area contributed by atoms with Crippen LogP contribution in [0.25, 0.3) is 0 Å². The lowest BCUT2D eigenvalue weighted by molar-refractivity contribution is -0.145. The molecule has 0 bridgehead atoms. The molecule has 0 unspecified atom stereocenters. The van der Waals surface area contributed by atoms with Crippen LogP contribution in [0.4, 0.5) is 0 Å². The fourth-order valence-corrected chi connectivity index (χ4v) is 4.33. The summed E-state index contributed by atoms with van der Waals surface area (Å²) in [6, 6.07) is 4.48. The monoisotopic (exact) mass is 345 g/mol. The summed E-state index contributed by atoms with van der Waals surface area (Å²) in [5, 5.41) is 0. The Morgan fingerprint density at radius 3 is 2.96 bits per heavy atom. The summed E-state index contributed by atoms with van der Waals surface area (Å²) in [6.45, 7) is 4.52. The minimum absolute atomic E-state index is 0.0354. The number of carbonyl (C=O) groups is 1. The number of aromatic nitrogens is 1.